The fourth-order valence-electron chi connectivity index (χ4n) is 2.29. The normalized spacial score (nSPS) is 17.2. The van der Waals surface area contributed by atoms with Crippen LogP contribution in [-0.2, 0) is 5.75 Å². The highest BCUT2D eigenvalue weighted by Gasteiger charge is 2.23. The van der Waals surface area contributed by atoms with Gasteiger partial charge in [0.2, 0.25) is 0 Å². The van der Waals surface area contributed by atoms with Crippen molar-refractivity contribution < 1.29 is 0 Å². The van der Waals surface area contributed by atoms with E-state index in [1.54, 1.807) is 0 Å². The zero-order valence-corrected chi connectivity index (χ0v) is 12.0. The zero-order chi connectivity index (χ0) is 12.5. The average molecular weight is 316 g/mol. The number of fused-ring (bicyclic) bond motifs is 2. The van der Waals surface area contributed by atoms with Gasteiger partial charge in [-0.3, -0.25) is 0 Å². The molecule has 2 aromatic carbocycles. The SMILES string of the molecule is N#C[C@@H]1c2ccccc2CSc2ccc(Br)cc21. The van der Waals surface area contributed by atoms with E-state index in [0.717, 1.165) is 21.4 Å². The Kier molecular flexibility index (Phi) is 3.15. The molecule has 0 N–H and O–H groups in total. The molecule has 18 heavy (non-hydrogen) atoms. The summed E-state index contributed by atoms with van der Waals surface area (Å²) >= 11 is 5.30. The van der Waals surface area contributed by atoms with E-state index in [1.165, 1.54) is 10.5 Å². The number of hydrogen-bond donors (Lipinski definition) is 0. The lowest BCUT2D eigenvalue weighted by Gasteiger charge is -2.12. The molecule has 1 atom stereocenters. The Morgan fingerprint density at radius 1 is 1.17 bits per heavy atom. The number of rotatable bonds is 0. The number of nitrogens with zero attached hydrogens (tertiary/aromatic N) is 1. The highest BCUT2D eigenvalue weighted by Crippen LogP contribution is 2.41. The first-order valence-electron chi connectivity index (χ1n) is 5.69. The van der Waals surface area contributed by atoms with Crippen LogP contribution in [-0.4, -0.2) is 0 Å². The van der Waals surface area contributed by atoms with Crippen molar-refractivity contribution in [3.05, 3.63) is 63.6 Å². The topological polar surface area (TPSA) is 23.8 Å². The first kappa shape index (κ1) is 11.8. The van der Waals surface area contributed by atoms with E-state index in [9.17, 15) is 5.26 Å². The third-order valence-electron chi connectivity index (χ3n) is 3.16. The molecule has 0 spiro atoms. The maximum absolute atomic E-state index is 9.53. The third-order valence-corrected chi connectivity index (χ3v) is 4.79. The molecule has 1 heterocycles. The molecule has 0 amide bonds. The summed E-state index contributed by atoms with van der Waals surface area (Å²) in [5, 5.41) is 9.53. The summed E-state index contributed by atoms with van der Waals surface area (Å²) in [5.41, 5.74) is 3.52. The lowest BCUT2D eigenvalue weighted by atomic mass is 9.90. The standard InChI is InChI=1S/C15H10BrNS/c16-11-5-6-15-13(7-11)14(8-17)12-4-2-1-3-10(12)9-18-15/h1-7,14H,9H2/t14-/m1/s1. The van der Waals surface area contributed by atoms with Crippen molar-refractivity contribution in [3.63, 3.8) is 0 Å². The van der Waals surface area contributed by atoms with Gasteiger partial charge in [0, 0.05) is 15.1 Å². The molecule has 2 aromatic rings. The molecule has 0 saturated carbocycles. The number of nitriles is 1. The molecule has 1 aliphatic heterocycles. The largest absolute Gasteiger partial charge is 0.197 e. The van der Waals surface area contributed by atoms with Crippen molar-refractivity contribution in [2.45, 2.75) is 16.6 Å². The van der Waals surface area contributed by atoms with Crippen molar-refractivity contribution in [2.24, 2.45) is 0 Å². The summed E-state index contributed by atoms with van der Waals surface area (Å²) in [6, 6.07) is 16.9. The molecule has 3 rings (SSSR count). The van der Waals surface area contributed by atoms with Crippen LogP contribution in [0.5, 0.6) is 0 Å². The number of benzene rings is 2. The van der Waals surface area contributed by atoms with Gasteiger partial charge in [-0.25, -0.2) is 0 Å². The molecule has 3 heteroatoms. The molecule has 0 aromatic heterocycles. The minimum Gasteiger partial charge on any atom is -0.197 e. The van der Waals surface area contributed by atoms with Crippen LogP contribution in [0.15, 0.2) is 51.8 Å². The van der Waals surface area contributed by atoms with Crippen molar-refractivity contribution in [1.29, 1.82) is 5.26 Å². The fraction of sp³-hybridized carbons (Fsp3) is 0.133. The molecule has 0 radical (unpaired) electrons. The van der Waals surface area contributed by atoms with E-state index in [0.29, 0.717) is 0 Å². The van der Waals surface area contributed by atoms with E-state index in [2.05, 4.69) is 46.3 Å². The van der Waals surface area contributed by atoms with Crippen LogP contribution in [0.2, 0.25) is 0 Å². The van der Waals surface area contributed by atoms with Crippen molar-refractivity contribution in [3.8, 4) is 6.07 Å². The van der Waals surface area contributed by atoms with Crippen LogP contribution < -0.4 is 0 Å². The lowest BCUT2D eigenvalue weighted by molar-refractivity contribution is 0.991. The van der Waals surface area contributed by atoms with Crippen LogP contribution in [0, 0.1) is 11.3 Å². The summed E-state index contributed by atoms with van der Waals surface area (Å²) in [6.07, 6.45) is 0. The van der Waals surface area contributed by atoms with E-state index < -0.39 is 0 Å². The van der Waals surface area contributed by atoms with Crippen LogP contribution >= 0.6 is 27.7 Å². The molecule has 0 aliphatic carbocycles. The average Bonchev–Trinajstić information content (AvgIpc) is 2.54. The van der Waals surface area contributed by atoms with Gasteiger partial charge in [-0.15, -0.1) is 11.8 Å². The molecular formula is C15H10BrNS. The smallest absolute Gasteiger partial charge is 0.0976 e. The Morgan fingerprint density at radius 2 is 2.00 bits per heavy atom. The predicted molar refractivity (Wildman–Crippen MR) is 77.6 cm³/mol. The Morgan fingerprint density at radius 3 is 2.83 bits per heavy atom. The second-order valence-electron chi connectivity index (χ2n) is 4.23. The summed E-state index contributed by atoms with van der Waals surface area (Å²) in [7, 11) is 0. The van der Waals surface area contributed by atoms with Gasteiger partial charge in [-0.05, 0) is 34.9 Å². The van der Waals surface area contributed by atoms with Gasteiger partial charge in [-0.2, -0.15) is 5.26 Å². The van der Waals surface area contributed by atoms with Gasteiger partial charge in [0.05, 0.1) is 12.0 Å². The van der Waals surface area contributed by atoms with Crippen LogP contribution in [0.1, 0.15) is 22.6 Å². The second-order valence-corrected chi connectivity index (χ2v) is 6.16. The Labute approximate surface area is 119 Å². The predicted octanol–water partition coefficient (Wildman–Crippen LogP) is 4.71. The van der Waals surface area contributed by atoms with Gasteiger partial charge in [0.25, 0.3) is 0 Å². The molecule has 0 bridgehead atoms. The van der Waals surface area contributed by atoms with Gasteiger partial charge in [-0.1, -0.05) is 40.2 Å². The van der Waals surface area contributed by atoms with Crippen LogP contribution in [0.4, 0.5) is 0 Å². The molecule has 1 nitrogen and oxygen atoms in total. The van der Waals surface area contributed by atoms with Gasteiger partial charge < -0.3 is 0 Å². The molecule has 88 valence electrons. The zero-order valence-electron chi connectivity index (χ0n) is 9.56. The van der Waals surface area contributed by atoms with Gasteiger partial charge >= 0.3 is 0 Å². The van der Waals surface area contributed by atoms with E-state index in [1.807, 2.05) is 30.0 Å². The van der Waals surface area contributed by atoms with Gasteiger partial charge in [0.15, 0.2) is 0 Å². The molecule has 0 unspecified atom stereocenters. The quantitative estimate of drug-likeness (QED) is 0.703. The Hall–Kier alpha value is -1.24. The first-order valence-corrected chi connectivity index (χ1v) is 7.47. The maximum atomic E-state index is 9.53. The van der Waals surface area contributed by atoms with Crippen LogP contribution in [0.25, 0.3) is 0 Å². The van der Waals surface area contributed by atoms with Crippen molar-refractivity contribution in [2.75, 3.05) is 0 Å². The van der Waals surface area contributed by atoms with E-state index in [-0.39, 0.29) is 5.92 Å². The summed E-state index contributed by atoms with van der Waals surface area (Å²) in [4.78, 5) is 1.21. The number of halogens is 1. The number of thioether (sulfide) groups is 1. The fourth-order valence-corrected chi connectivity index (χ4v) is 3.75. The van der Waals surface area contributed by atoms with Crippen molar-refractivity contribution in [1.82, 2.24) is 0 Å². The monoisotopic (exact) mass is 315 g/mol. The molecule has 0 fully saturated rings. The first-order chi connectivity index (χ1) is 8.79. The third kappa shape index (κ3) is 1.96. The molecular weight excluding hydrogens is 306 g/mol. The minimum absolute atomic E-state index is 0.163. The summed E-state index contributed by atoms with van der Waals surface area (Å²) in [6.45, 7) is 0. The van der Waals surface area contributed by atoms with E-state index >= 15 is 0 Å². The van der Waals surface area contributed by atoms with Crippen molar-refractivity contribution >= 4 is 27.7 Å². The Balaban J connectivity index is 2.24. The second kappa shape index (κ2) is 4.79. The van der Waals surface area contributed by atoms with Gasteiger partial charge in [0.1, 0.15) is 0 Å². The summed E-state index contributed by atoms with van der Waals surface area (Å²) < 4.78 is 1.03. The minimum atomic E-state index is -0.163. The lowest BCUT2D eigenvalue weighted by Crippen LogP contribution is -2.00. The Bertz CT molecular complexity index is 645. The maximum Gasteiger partial charge on any atom is 0.0976 e. The molecule has 1 aliphatic rings. The highest BCUT2D eigenvalue weighted by molar-refractivity contribution is 9.10. The number of hydrogen-bond acceptors (Lipinski definition) is 2. The molecule has 0 saturated heterocycles. The summed E-state index contributed by atoms with van der Waals surface area (Å²) in [5.74, 6) is 0.770. The highest BCUT2D eigenvalue weighted by atomic mass is 79.9. The van der Waals surface area contributed by atoms with Crippen LogP contribution in [0.3, 0.4) is 0 Å². The van der Waals surface area contributed by atoms with E-state index in [4.69, 9.17) is 0 Å².